The molecule has 1 N–H and O–H groups in total. The highest BCUT2D eigenvalue weighted by atomic mass is 16.2. The van der Waals surface area contributed by atoms with Gasteiger partial charge in [0.1, 0.15) is 0 Å². The number of piperazine rings is 1. The fraction of sp³-hybridized carbons (Fsp3) is 0.714. The number of carbonyl (C=O) groups excluding carboxylic acids is 1. The maximum absolute atomic E-state index is 12.2. The highest BCUT2D eigenvalue weighted by Gasteiger charge is 2.27. The average molecular weight is 277 g/mol. The highest BCUT2D eigenvalue weighted by molar-refractivity contribution is 5.76. The van der Waals surface area contributed by atoms with E-state index in [0.717, 1.165) is 45.8 Å². The summed E-state index contributed by atoms with van der Waals surface area (Å²) in [5.41, 5.74) is 0. The van der Waals surface area contributed by atoms with Gasteiger partial charge < -0.3 is 14.8 Å². The second kappa shape index (κ2) is 6.37. The van der Waals surface area contributed by atoms with E-state index in [1.54, 1.807) is 12.5 Å². The van der Waals surface area contributed by atoms with Gasteiger partial charge in [0.15, 0.2) is 0 Å². The van der Waals surface area contributed by atoms with Gasteiger partial charge in [-0.25, -0.2) is 4.98 Å². The van der Waals surface area contributed by atoms with Crippen LogP contribution >= 0.6 is 0 Å². The van der Waals surface area contributed by atoms with E-state index in [0.29, 0.717) is 12.5 Å². The molecular weight excluding hydrogens is 254 g/mol. The first kappa shape index (κ1) is 13.6. The largest absolute Gasteiger partial charge is 0.340 e. The highest BCUT2D eigenvalue weighted by Crippen LogP contribution is 2.12. The molecule has 6 heteroatoms. The van der Waals surface area contributed by atoms with E-state index in [1.165, 1.54) is 6.42 Å². The summed E-state index contributed by atoms with van der Waals surface area (Å²) in [7, 11) is 0. The minimum Gasteiger partial charge on any atom is -0.340 e. The van der Waals surface area contributed by atoms with Gasteiger partial charge in [0.25, 0.3) is 0 Å². The molecule has 1 atom stereocenters. The minimum atomic E-state index is 0.267. The predicted octanol–water partition coefficient (Wildman–Crippen LogP) is -0.221. The van der Waals surface area contributed by atoms with Crippen molar-refractivity contribution >= 4 is 5.91 Å². The Bertz CT molecular complexity index is 419. The Morgan fingerprint density at radius 2 is 2.15 bits per heavy atom. The first-order valence-electron chi connectivity index (χ1n) is 7.51. The summed E-state index contributed by atoms with van der Waals surface area (Å²) in [6, 6.07) is 0.679. The number of hydrogen-bond donors (Lipinski definition) is 1. The van der Waals surface area contributed by atoms with Crippen molar-refractivity contribution < 1.29 is 4.79 Å². The fourth-order valence-corrected chi connectivity index (χ4v) is 3.09. The van der Waals surface area contributed by atoms with Crippen LogP contribution < -0.4 is 5.32 Å². The second-order valence-electron chi connectivity index (χ2n) is 5.61. The molecule has 0 spiro atoms. The van der Waals surface area contributed by atoms with Crippen molar-refractivity contribution in [2.24, 2.45) is 0 Å². The third kappa shape index (κ3) is 3.19. The molecular formula is C14H23N5O. The molecule has 2 aliphatic heterocycles. The summed E-state index contributed by atoms with van der Waals surface area (Å²) in [5.74, 6) is 0.267. The molecule has 2 fully saturated rings. The van der Waals surface area contributed by atoms with Crippen molar-refractivity contribution in [1.29, 1.82) is 0 Å². The van der Waals surface area contributed by atoms with Gasteiger partial charge in [-0.3, -0.25) is 9.69 Å². The van der Waals surface area contributed by atoms with E-state index in [1.807, 2.05) is 15.7 Å². The van der Waals surface area contributed by atoms with Gasteiger partial charge in [-0.2, -0.15) is 0 Å². The van der Waals surface area contributed by atoms with Crippen LogP contribution in [0.4, 0.5) is 0 Å². The van der Waals surface area contributed by atoms with Gasteiger partial charge >= 0.3 is 0 Å². The second-order valence-corrected chi connectivity index (χ2v) is 5.61. The Kier molecular flexibility index (Phi) is 4.32. The molecule has 20 heavy (non-hydrogen) atoms. The lowest BCUT2D eigenvalue weighted by Crippen LogP contribution is -2.52. The summed E-state index contributed by atoms with van der Waals surface area (Å²) < 4.78 is 1.96. The zero-order chi connectivity index (χ0) is 13.8. The van der Waals surface area contributed by atoms with Crippen LogP contribution in [0, 0.1) is 0 Å². The number of aryl methyl sites for hydroxylation is 1. The molecule has 3 rings (SSSR count). The van der Waals surface area contributed by atoms with Gasteiger partial charge in [0, 0.05) is 64.1 Å². The van der Waals surface area contributed by atoms with Crippen molar-refractivity contribution in [2.45, 2.75) is 25.4 Å². The zero-order valence-electron chi connectivity index (χ0n) is 11.9. The van der Waals surface area contributed by atoms with E-state index in [-0.39, 0.29) is 5.91 Å². The number of carbonyl (C=O) groups is 1. The van der Waals surface area contributed by atoms with Gasteiger partial charge in [0.05, 0.1) is 6.33 Å². The number of rotatable bonds is 4. The summed E-state index contributed by atoms with van der Waals surface area (Å²) in [4.78, 5) is 20.7. The van der Waals surface area contributed by atoms with Crippen LogP contribution in [0.1, 0.15) is 12.8 Å². The number of amides is 1. The fourth-order valence-electron chi connectivity index (χ4n) is 3.09. The molecule has 1 amide bonds. The molecule has 0 saturated carbocycles. The number of hydrogen-bond acceptors (Lipinski definition) is 4. The van der Waals surface area contributed by atoms with Crippen LogP contribution in [0.15, 0.2) is 18.7 Å². The summed E-state index contributed by atoms with van der Waals surface area (Å²) in [6.07, 6.45) is 7.23. The van der Waals surface area contributed by atoms with E-state index in [2.05, 4.69) is 15.2 Å². The molecule has 0 bridgehead atoms. The molecule has 0 radical (unpaired) electrons. The third-order valence-corrected chi connectivity index (χ3v) is 4.36. The molecule has 6 nitrogen and oxygen atoms in total. The lowest BCUT2D eigenvalue weighted by atomic mass is 10.2. The Labute approximate surface area is 119 Å². The standard InChI is InChI=1S/C14H23N5O/c20-14(2-5-17-6-4-16-12-17)19-9-7-18(8-10-19)13-1-3-15-11-13/h4,6,12-13,15H,1-3,5,7-11H2. The van der Waals surface area contributed by atoms with E-state index >= 15 is 0 Å². The quantitative estimate of drug-likeness (QED) is 0.827. The molecule has 1 unspecified atom stereocenters. The van der Waals surface area contributed by atoms with Gasteiger partial charge in [-0.1, -0.05) is 0 Å². The first-order chi connectivity index (χ1) is 9.83. The van der Waals surface area contributed by atoms with Crippen LogP contribution in [0.25, 0.3) is 0 Å². The van der Waals surface area contributed by atoms with Gasteiger partial charge in [-0.15, -0.1) is 0 Å². The van der Waals surface area contributed by atoms with Crippen molar-refractivity contribution in [3.8, 4) is 0 Å². The number of nitrogens with zero attached hydrogens (tertiary/aromatic N) is 4. The van der Waals surface area contributed by atoms with Crippen molar-refractivity contribution in [3.63, 3.8) is 0 Å². The summed E-state index contributed by atoms with van der Waals surface area (Å²) in [5, 5.41) is 3.41. The monoisotopic (exact) mass is 277 g/mol. The lowest BCUT2D eigenvalue weighted by molar-refractivity contribution is -0.133. The average Bonchev–Trinajstić information content (AvgIpc) is 3.18. The SMILES string of the molecule is O=C(CCn1ccnc1)N1CCN(C2CCNC2)CC1. The first-order valence-corrected chi connectivity index (χ1v) is 7.51. The Morgan fingerprint density at radius 3 is 2.80 bits per heavy atom. The number of aromatic nitrogens is 2. The van der Waals surface area contributed by atoms with E-state index in [4.69, 9.17) is 0 Å². The number of imidazole rings is 1. The topological polar surface area (TPSA) is 53.4 Å². The maximum atomic E-state index is 12.2. The van der Waals surface area contributed by atoms with Gasteiger partial charge in [-0.05, 0) is 13.0 Å². The summed E-state index contributed by atoms with van der Waals surface area (Å²) >= 11 is 0. The van der Waals surface area contributed by atoms with Crippen LogP contribution in [0.3, 0.4) is 0 Å². The Morgan fingerprint density at radius 1 is 1.30 bits per heavy atom. The van der Waals surface area contributed by atoms with E-state index < -0.39 is 0 Å². The molecule has 1 aromatic heterocycles. The molecule has 110 valence electrons. The Balaban J connectivity index is 1.41. The molecule has 0 aliphatic carbocycles. The molecule has 3 heterocycles. The van der Waals surface area contributed by atoms with Crippen molar-refractivity contribution in [3.05, 3.63) is 18.7 Å². The minimum absolute atomic E-state index is 0.267. The zero-order valence-corrected chi connectivity index (χ0v) is 11.9. The third-order valence-electron chi connectivity index (χ3n) is 4.36. The predicted molar refractivity (Wildman–Crippen MR) is 76.3 cm³/mol. The van der Waals surface area contributed by atoms with Crippen LogP contribution in [0.2, 0.25) is 0 Å². The lowest BCUT2D eigenvalue weighted by Gasteiger charge is -2.37. The molecule has 1 aromatic rings. The van der Waals surface area contributed by atoms with Crippen LogP contribution in [-0.2, 0) is 11.3 Å². The Hall–Kier alpha value is -1.40. The van der Waals surface area contributed by atoms with Crippen molar-refractivity contribution in [1.82, 2.24) is 24.7 Å². The van der Waals surface area contributed by atoms with Gasteiger partial charge in [0.2, 0.25) is 5.91 Å². The molecule has 0 aromatic carbocycles. The van der Waals surface area contributed by atoms with Crippen molar-refractivity contribution in [2.75, 3.05) is 39.3 Å². The number of nitrogens with one attached hydrogen (secondary N) is 1. The summed E-state index contributed by atoms with van der Waals surface area (Å²) in [6.45, 7) is 6.75. The maximum Gasteiger partial charge on any atom is 0.224 e. The smallest absolute Gasteiger partial charge is 0.224 e. The normalized spacial score (nSPS) is 24.2. The van der Waals surface area contributed by atoms with Crippen LogP contribution in [0.5, 0.6) is 0 Å². The molecule has 2 aliphatic rings. The van der Waals surface area contributed by atoms with E-state index in [9.17, 15) is 4.79 Å². The molecule has 2 saturated heterocycles. The van der Waals surface area contributed by atoms with Crippen LogP contribution in [-0.4, -0.2) is 70.6 Å².